The van der Waals surface area contributed by atoms with Gasteiger partial charge in [0.2, 0.25) is 5.91 Å². The minimum Gasteiger partial charge on any atom is -0.481 e. The monoisotopic (exact) mass is 350 g/mol. The maximum Gasteiger partial charge on any atom is 0.312 e. The number of rotatable bonds is 8. The lowest BCUT2D eigenvalue weighted by Gasteiger charge is -2.14. The van der Waals surface area contributed by atoms with Crippen LogP contribution in [-0.4, -0.2) is 28.5 Å². The van der Waals surface area contributed by atoms with Gasteiger partial charge in [0.05, 0.1) is 16.6 Å². The predicted octanol–water partition coefficient (Wildman–Crippen LogP) is 2.90. The predicted molar refractivity (Wildman–Crippen MR) is 89.6 cm³/mol. The second-order valence-electron chi connectivity index (χ2n) is 5.46. The van der Waals surface area contributed by atoms with Gasteiger partial charge in [0.1, 0.15) is 5.82 Å². The molecule has 1 aromatic heterocycles. The first-order chi connectivity index (χ1) is 11.5. The van der Waals surface area contributed by atoms with E-state index in [2.05, 4.69) is 10.3 Å². The molecule has 0 aliphatic rings. The summed E-state index contributed by atoms with van der Waals surface area (Å²) in [5, 5.41) is 14.9. The van der Waals surface area contributed by atoms with Gasteiger partial charge in [-0.1, -0.05) is 12.1 Å². The van der Waals surface area contributed by atoms with Crippen LogP contribution in [0.4, 0.5) is 4.39 Å². The lowest BCUT2D eigenvalue weighted by atomic mass is 9.99. The number of nitrogens with zero attached hydrogens (tertiary/aromatic N) is 1. The number of aliphatic carboxylic acids is 1. The van der Waals surface area contributed by atoms with Crippen molar-refractivity contribution in [3.63, 3.8) is 0 Å². The van der Waals surface area contributed by atoms with Crippen molar-refractivity contribution < 1.29 is 19.1 Å². The third-order valence-corrected chi connectivity index (χ3v) is 4.40. The van der Waals surface area contributed by atoms with E-state index in [9.17, 15) is 19.1 Å². The molecule has 0 bridgehead atoms. The zero-order valence-corrected chi connectivity index (χ0v) is 14.1. The summed E-state index contributed by atoms with van der Waals surface area (Å²) in [5.74, 6) is -2.57. The molecule has 0 spiro atoms. The number of amides is 1. The highest BCUT2D eigenvalue weighted by Gasteiger charge is 2.20. The van der Waals surface area contributed by atoms with Crippen LogP contribution in [0.3, 0.4) is 0 Å². The molecule has 1 amide bonds. The summed E-state index contributed by atoms with van der Waals surface area (Å²) in [6.07, 6.45) is 1.69. The van der Waals surface area contributed by atoms with Crippen LogP contribution in [-0.2, 0) is 16.0 Å². The van der Waals surface area contributed by atoms with Crippen molar-refractivity contribution >= 4 is 23.2 Å². The Morgan fingerprint density at radius 2 is 2.04 bits per heavy atom. The van der Waals surface area contributed by atoms with E-state index in [0.29, 0.717) is 18.4 Å². The molecule has 0 aliphatic carbocycles. The van der Waals surface area contributed by atoms with Crippen LogP contribution in [0.15, 0.2) is 29.6 Å². The van der Waals surface area contributed by atoms with Crippen LogP contribution in [0.25, 0.3) is 0 Å². The fourth-order valence-corrected chi connectivity index (χ4v) is 2.95. The highest BCUT2D eigenvalue weighted by atomic mass is 32.1. The lowest BCUT2D eigenvalue weighted by Crippen LogP contribution is -2.31. The van der Waals surface area contributed by atoms with Crippen LogP contribution in [0.5, 0.6) is 0 Å². The number of carboxylic acid groups (broad SMARTS) is 1. The number of carbonyl (C=O) groups excluding carboxylic acids is 1. The molecule has 2 rings (SSSR count). The Morgan fingerprint density at radius 1 is 1.33 bits per heavy atom. The molecule has 0 fully saturated rings. The minimum absolute atomic E-state index is 0.0182. The van der Waals surface area contributed by atoms with Gasteiger partial charge in [-0.15, -0.1) is 11.3 Å². The molecule has 7 heteroatoms. The Hall–Kier alpha value is -2.28. The molecule has 2 aromatic rings. The van der Waals surface area contributed by atoms with Crippen molar-refractivity contribution in [3.05, 3.63) is 51.7 Å². The zero-order chi connectivity index (χ0) is 17.5. The highest BCUT2D eigenvalue weighted by molar-refractivity contribution is 7.09. The molecule has 2 N–H and O–H groups in total. The minimum atomic E-state index is -1.06. The third-order valence-electron chi connectivity index (χ3n) is 3.58. The number of carbonyl (C=O) groups is 2. The summed E-state index contributed by atoms with van der Waals surface area (Å²) in [6.45, 7) is 1.91. The number of thiazole rings is 1. The van der Waals surface area contributed by atoms with E-state index < -0.39 is 17.7 Å². The van der Waals surface area contributed by atoms with E-state index in [1.807, 2.05) is 12.3 Å². The maximum atomic E-state index is 12.9. The average molecular weight is 350 g/mol. The normalized spacial score (nSPS) is 11.9. The number of hydrogen-bond acceptors (Lipinski definition) is 4. The molecule has 1 aromatic carbocycles. The number of benzene rings is 1. The average Bonchev–Trinajstić information content (AvgIpc) is 2.94. The SMILES string of the molecule is Cc1nc(CCCC(=O)NCC(C(=O)O)c2ccc(F)cc2)cs1. The summed E-state index contributed by atoms with van der Waals surface area (Å²) >= 11 is 1.58. The van der Waals surface area contributed by atoms with Gasteiger partial charge in [-0.05, 0) is 37.5 Å². The Morgan fingerprint density at radius 3 is 2.62 bits per heavy atom. The highest BCUT2D eigenvalue weighted by Crippen LogP contribution is 2.16. The molecule has 5 nitrogen and oxygen atoms in total. The molecular weight excluding hydrogens is 331 g/mol. The molecule has 0 saturated carbocycles. The summed E-state index contributed by atoms with van der Waals surface area (Å²) < 4.78 is 12.9. The van der Waals surface area contributed by atoms with Crippen molar-refractivity contribution in [2.75, 3.05) is 6.54 Å². The lowest BCUT2D eigenvalue weighted by molar-refractivity contribution is -0.138. The largest absolute Gasteiger partial charge is 0.481 e. The summed E-state index contributed by atoms with van der Waals surface area (Å²) in [5.41, 5.74) is 1.43. The fourth-order valence-electron chi connectivity index (χ4n) is 2.30. The number of aryl methyl sites for hydroxylation is 2. The van der Waals surface area contributed by atoms with E-state index in [0.717, 1.165) is 17.1 Å². The van der Waals surface area contributed by atoms with Gasteiger partial charge < -0.3 is 10.4 Å². The molecule has 0 radical (unpaired) electrons. The van der Waals surface area contributed by atoms with E-state index >= 15 is 0 Å². The fraction of sp³-hybridized carbons (Fsp3) is 0.353. The zero-order valence-electron chi connectivity index (χ0n) is 13.3. The van der Waals surface area contributed by atoms with Gasteiger partial charge in [-0.3, -0.25) is 9.59 Å². The second kappa shape index (κ2) is 8.54. The molecule has 1 unspecified atom stereocenters. The topological polar surface area (TPSA) is 79.3 Å². The number of halogens is 1. The quantitative estimate of drug-likeness (QED) is 0.767. The molecule has 1 atom stereocenters. The summed E-state index contributed by atoms with van der Waals surface area (Å²) in [7, 11) is 0. The van der Waals surface area contributed by atoms with Crippen LogP contribution >= 0.6 is 11.3 Å². The van der Waals surface area contributed by atoms with E-state index in [4.69, 9.17) is 0 Å². The van der Waals surface area contributed by atoms with Gasteiger partial charge in [0.15, 0.2) is 0 Å². The standard InChI is InChI=1S/C17H19FN2O3S/c1-11-20-14(10-24-11)3-2-4-16(21)19-9-15(17(22)23)12-5-7-13(18)8-6-12/h5-8,10,15H,2-4,9H2,1H3,(H,19,21)(H,22,23). The van der Waals surface area contributed by atoms with E-state index in [-0.39, 0.29) is 12.5 Å². The van der Waals surface area contributed by atoms with Gasteiger partial charge in [-0.2, -0.15) is 0 Å². The van der Waals surface area contributed by atoms with Crippen LogP contribution < -0.4 is 5.32 Å². The van der Waals surface area contributed by atoms with Crippen molar-refractivity contribution in [3.8, 4) is 0 Å². The van der Waals surface area contributed by atoms with Crippen LogP contribution in [0.2, 0.25) is 0 Å². The molecule has 24 heavy (non-hydrogen) atoms. The first kappa shape index (κ1) is 18.1. The molecule has 0 aliphatic heterocycles. The van der Waals surface area contributed by atoms with Crippen molar-refractivity contribution in [1.29, 1.82) is 0 Å². The summed E-state index contributed by atoms with van der Waals surface area (Å²) in [4.78, 5) is 27.5. The number of hydrogen-bond donors (Lipinski definition) is 2. The van der Waals surface area contributed by atoms with E-state index in [1.165, 1.54) is 24.3 Å². The number of carboxylic acids is 1. The van der Waals surface area contributed by atoms with Gasteiger partial charge >= 0.3 is 5.97 Å². The smallest absolute Gasteiger partial charge is 0.312 e. The number of nitrogens with one attached hydrogen (secondary N) is 1. The molecule has 1 heterocycles. The Balaban J connectivity index is 1.79. The van der Waals surface area contributed by atoms with Gasteiger partial charge in [0, 0.05) is 18.3 Å². The van der Waals surface area contributed by atoms with Gasteiger partial charge in [0.25, 0.3) is 0 Å². The third kappa shape index (κ3) is 5.42. The van der Waals surface area contributed by atoms with E-state index in [1.54, 1.807) is 11.3 Å². The Bertz CT molecular complexity index is 700. The Labute approximate surface area is 143 Å². The maximum absolute atomic E-state index is 12.9. The second-order valence-corrected chi connectivity index (χ2v) is 6.52. The summed E-state index contributed by atoms with van der Waals surface area (Å²) in [6, 6.07) is 5.27. The number of aromatic nitrogens is 1. The molecular formula is C17H19FN2O3S. The first-order valence-corrected chi connectivity index (χ1v) is 8.49. The Kier molecular flexibility index (Phi) is 6.43. The van der Waals surface area contributed by atoms with Crippen molar-refractivity contribution in [2.24, 2.45) is 0 Å². The van der Waals surface area contributed by atoms with Gasteiger partial charge in [-0.25, -0.2) is 9.37 Å². The molecule has 0 saturated heterocycles. The first-order valence-electron chi connectivity index (χ1n) is 7.61. The van der Waals surface area contributed by atoms with Crippen molar-refractivity contribution in [2.45, 2.75) is 32.1 Å². The van der Waals surface area contributed by atoms with Crippen molar-refractivity contribution in [1.82, 2.24) is 10.3 Å². The molecule has 128 valence electrons. The van der Waals surface area contributed by atoms with Crippen LogP contribution in [0, 0.1) is 12.7 Å². The van der Waals surface area contributed by atoms with Crippen LogP contribution in [0.1, 0.15) is 35.0 Å².